The lowest BCUT2D eigenvalue weighted by molar-refractivity contribution is -0.122. The van der Waals surface area contributed by atoms with Crippen LogP contribution >= 0.6 is 27.5 Å². The summed E-state index contributed by atoms with van der Waals surface area (Å²) in [5.74, 6) is -1.75. The van der Waals surface area contributed by atoms with E-state index in [-0.39, 0.29) is 22.6 Å². The Morgan fingerprint density at radius 1 is 1.15 bits per heavy atom. The summed E-state index contributed by atoms with van der Waals surface area (Å²) >= 11 is 9.24. The van der Waals surface area contributed by atoms with Crippen molar-refractivity contribution in [3.05, 3.63) is 62.6 Å². The predicted molar refractivity (Wildman–Crippen MR) is 101 cm³/mol. The third-order valence-electron chi connectivity index (χ3n) is 3.80. The van der Waals surface area contributed by atoms with Gasteiger partial charge in [0.25, 0.3) is 11.8 Å². The number of aromatic hydroxyl groups is 1. The highest BCUT2D eigenvalue weighted by atomic mass is 79.9. The van der Waals surface area contributed by atoms with Crippen molar-refractivity contribution in [3.8, 4) is 5.75 Å². The molecule has 2 aromatic carbocycles. The Morgan fingerprint density at radius 3 is 2.62 bits per heavy atom. The van der Waals surface area contributed by atoms with Crippen LogP contribution in [0.1, 0.15) is 11.1 Å². The number of hydrogen-bond donors (Lipinski definition) is 2. The third kappa shape index (κ3) is 3.36. The first-order valence-corrected chi connectivity index (χ1v) is 8.61. The summed E-state index contributed by atoms with van der Waals surface area (Å²) in [5, 5.41) is 12.4. The number of halogens is 2. The number of nitrogens with one attached hydrogen (secondary N) is 1. The van der Waals surface area contributed by atoms with Gasteiger partial charge in [-0.25, -0.2) is 9.69 Å². The van der Waals surface area contributed by atoms with Gasteiger partial charge in [0.1, 0.15) is 11.3 Å². The van der Waals surface area contributed by atoms with Crippen LogP contribution in [0.3, 0.4) is 0 Å². The fourth-order valence-corrected chi connectivity index (χ4v) is 3.04. The van der Waals surface area contributed by atoms with Crippen LogP contribution in [0, 0.1) is 6.92 Å². The second-order valence-electron chi connectivity index (χ2n) is 5.59. The van der Waals surface area contributed by atoms with Crippen LogP contribution in [0.25, 0.3) is 6.08 Å². The van der Waals surface area contributed by atoms with Gasteiger partial charge in [0.05, 0.1) is 5.69 Å². The Morgan fingerprint density at radius 2 is 1.88 bits per heavy atom. The molecule has 6 nitrogen and oxygen atoms in total. The van der Waals surface area contributed by atoms with Crippen molar-refractivity contribution < 1.29 is 19.5 Å². The second kappa shape index (κ2) is 6.93. The maximum atomic E-state index is 12.9. The van der Waals surface area contributed by atoms with Crippen molar-refractivity contribution in [2.24, 2.45) is 0 Å². The Balaban J connectivity index is 2.10. The molecule has 0 bridgehead atoms. The third-order valence-corrected chi connectivity index (χ3v) is 4.53. The van der Waals surface area contributed by atoms with Crippen molar-refractivity contribution in [2.45, 2.75) is 6.92 Å². The summed E-state index contributed by atoms with van der Waals surface area (Å²) in [7, 11) is 0. The average molecular weight is 436 g/mol. The molecule has 4 amide bonds. The van der Waals surface area contributed by atoms with Gasteiger partial charge in [-0.15, -0.1) is 0 Å². The number of imide groups is 2. The quantitative estimate of drug-likeness (QED) is 0.555. The van der Waals surface area contributed by atoms with Gasteiger partial charge in [-0.2, -0.15) is 0 Å². The number of aryl methyl sites for hydroxylation is 1. The smallest absolute Gasteiger partial charge is 0.335 e. The van der Waals surface area contributed by atoms with E-state index in [9.17, 15) is 19.5 Å². The number of phenols is 1. The number of amides is 4. The van der Waals surface area contributed by atoms with Gasteiger partial charge >= 0.3 is 6.03 Å². The van der Waals surface area contributed by atoms with E-state index < -0.39 is 17.8 Å². The number of hydrogen-bond acceptors (Lipinski definition) is 4. The monoisotopic (exact) mass is 434 g/mol. The molecule has 26 heavy (non-hydrogen) atoms. The lowest BCUT2D eigenvalue weighted by atomic mass is 10.1. The number of carbonyl (C=O) groups is 3. The molecular weight excluding hydrogens is 424 g/mol. The minimum Gasteiger partial charge on any atom is -0.507 e. The molecule has 0 aliphatic carbocycles. The number of benzene rings is 2. The number of urea groups is 1. The van der Waals surface area contributed by atoms with E-state index in [1.165, 1.54) is 18.2 Å². The van der Waals surface area contributed by atoms with Crippen molar-refractivity contribution in [3.63, 3.8) is 0 Å². The Kier molecular flexibility index (Phi) is 4.84. The number of rotatable bonds is 2. The number of anilines is 1. The van der Waals surface area contributed by atoms with Crippen LogP contribution in [0.5, 0.6) is 5.75 Å². The van der Waals surface area contributed by atoms with Gasteiger partial charge in [-0.05, 0) is 48.9 Å². The first-order valence-electron chi connectivity index (χ1n) is 7.44. The van der Waals surface area contributed by atoms with Gasteiger partial charge in [-0.3, -0.25) is 14.9 Å². The molecule has 1 aliphatic rings. The fraction of sp³-hybridized carbons (Fsp3) is 0.0556. The zero-order valence-electron chi connectivity index (χ0n) is 13.4. The maximum absolute atomic E-state index is 12.9. The largest absolute Gasteiger partial charge is 0.507 e. The molecule has 0 atom stereocenters. The van der Waals surface area contributed by atoms with Crippen molar-refractivity contribution in [1.82, 2.24) is 5.32 Å². The van der Waals surface area contributed by atoms with Crippen molar-refractivity contribution >= 4 is 57.1 Å². The summed E-state index contributed by atoms with van der Waals surface area (Å²) in [6, 6.07) is 8.50. The Labute approximate surface area is 162 Å². The molecule has 0 aromatic heterocycles. The molecule has 132 valence electrons. The van der Waals surface area contributed by atoms with Crippen molar-refractivity contribution in [1.29, 1.82) is 0 Å². The topological polar surface area (TPSA) is 86.7 Å². The van der Waals surface area contributed by atoms with Crippen molar-refractivity contribution in [2.75, 3.05) is 4.90 Å². The lowest BCUT2D eigenvalue weighted by Gasteiger charge is -2.27. The van der Waals surface area contributed by atoms with E-state index in [0.29, 0.717) is 15.1 Å². The number of phenolic OH excluding ortho intramolecular Hbond substituents is 1. The average Bonchev–Trinajstić information content (AvgIpc) is 2.57. The minimum atomic E-state index is -0.860. The second-order valence-corrected chi connectivity index (χ2v) is 6.94. The highest BCUT2D eigenvalue weighted by molar-refractivity contribution is 9.10. The highest BCUT2D eigenvalue weighted by Gasteiger charge is 2.37. The molecule has 1 saturated heterocycles. The minimum absolute atomic E-state index is 0.108. The zero-order valence-corrected chi connectivity index (χ0v) is 15.8. The van der Waals surface area contributed by atoms with E-state index in [1.54, 1.807) is 31.2 Å². The van der Waals surface area contributed by atoms with Gasteiger partial charge in [-0.1, -0.05) is 33.6 Å². The van der Waals surface area contributed by atoms with Crippen LogP contribution < -0.4 is 10.2 Å². The molecule has 0 radical (unpaired) electrons. The van der Waals surface area contributed by atoms with Gasteiger partial charge in [0.2, 0.25) is 0 Å². The lowest BCUT2D eigenvalue weighted by Crippen LogP contribution is -2.54. The normalized spacial score (nSPS) is 16.2. The Hall–Kier alpha value is -2.64. The summed E-state index contributed by atoms with van der Waals surface area (Å²) in [6.45, 7) is 1.71. The standard InChI is InChI=1S/C18H12BrClN2O4/c1-9-2-4-12(20)8-14(9)22-17(25)13(16(24)21-18(22)26)7-10-6-11(19)3-5-15(10)23/h2-8,23H,1H3,(H,21,24,26)/b13-7+. The molecule has 1 heterocycles. The molecule has 3 rings (SSSR count). The van der Waals surface area contributed by atoms with Gasteiger partial charge < -0.3 is 5.11 Å². The van der Waals surface area contributed by atoms with Crippen LogP contribution in [0.15, 0.2) is 46.4 Å². The van der Waals surface area contributed by atoms with Crippen LogP contribution in [0.2, 0.25) is 5.02 Å². The van der Waals surface area contributed by atoms with Crippen LogP contribution in [-0.2, 0) is 9.59 Å². The maximum Gasteiger partial charge on any atom is 0.335 e. The molecule has 2 aromatic rings. The van der Waals surface area contributed by atoms with E-state index in [0.717, 1.165) is 4.90 Å². The number of barbiturate groups is 1. The first-order chi connectivity index (χ1) is 12.3. The van der Waals surface area contributed by atoms with E-state index in [4.69, 9.17) is 11.6 Å². The van der Waals surface area contributed by atoms with Gasteiger partial charge in [0, 0.05) is 15.1 Å². The summed E-state index contributed by atoms with van der Waals surface area (Å²) in [6.07, 6.45) is 1.23. The van der Waals surface area contributed by atoms with Gasteiger partial charge in [0.15, 0.2) is 0 Å². The first kappa shape index (κ1) is 18.2. The summed E-state index contributed by atoms with van der Waals surface area (Å²) in [4.78, 5) is 38.1. The summed E-state index contributed by atoms with van der Waals surface area (Å²) < 4.78 is 0.657. The summed E-state index contributed by atoms with van der Waals surface area (Å²) in [5.41, 5.74) is 0.890. The molecule has 0 spiro atoms. The highest BCUT2D eigenvalue weighted by Crippen LogP contribution is 2.29. The molecule has 2 N–H and O–H groups in total. The SMILES string of the molecule is Cc1ccc(Cl)cc1N1C(=O)NC(=O)/C(=C\c2cc(Br)ccc2O)C1=O. The molecule has 1 fully saturated rings. The van der Waals surface area contributed by atoms with E-state index in [2.05, 4.69) is 21.2 Å². The van der Waals surface area contributed by atoms with Crippen LogP contribution in [-0.4, -0.2) is 23.0 Å². The molecular formula is C18H12BrClN2O4. The van der Waals surface area contributed by atoms with E-state index >= 15 is 0 Å². The zero-order chi connectivity index (χ0) is 19.0. The molecule has 0 unspecified atom stereocenters. The van der Waals surface area contributed by atoms with E-state index in [1.807, 2.05) is 0 Å². The fourth-order valence-electron chi connectivity index (χ4n) is 2.50. The van der Waals surface area contributed by atoms with Crippen LogP contribution in [0.4, 0.5) is 10.5 Å². The number of carbonyl (C=O) groups excluding carboxylic acids is 3. The molecule has 1 aliphatic heterocycles. The Bertz CT molecular complexity index is 987. The predicted octanol–water partition coefficient (Wildman–Crippen LogP) is 3.78. The number of nitrogens with zero attached hydrogens (tertiary/aromatic N) is 1. The molecule has 0 saturated carbocycles. The molecule has 8 heteroatoms.